The Kier molecular flexibility index (Phi) is 3.36. The van der Waals surface area contributed by atoms with Crippen molar-refractivity contribution in [2.24, 2.45) is 4.99 Å². The maximum absolute atomic E-state index is 12.1. The predicted octanol–water partition coefficient (Wildman–Crippen LogP) is -1.07. The molecule has 0 radical (unpaired) electrons. The van der Waals surface area contributed by atoms with E-state index in [4.69, 9.17) is 11.6 Å². The molecule has 1 fully saturated rings. The van der Waals surface area contributed by atoms with E-state index >= 15 is 0 Å². The minimum Gasteiger partial charge on any atom is -0.388 e. The molecule has 2 unspecified atom stereocenters. The number of carbonyl (C=O) groups excluding carboxylic acids is 2. The summed E-state index contributed by atoms with van der Waals surface area (Å²) in [4.78, 5) is 30.2. The first-order valence-electron chi connectivity index (χ1n) is 5.43. The number of imide groups is 1. The van der Waals surface area contributed by atoms with E-state index in [1.165, 1.54) is 18.3 Å². The van der Waals surface area contributed by atoms with Crippen molar-refractivity contribution in [1.29, 1.82) is 0 Å². The van der Waals surface area contributed by atoms with Gasteiger partial charge in [-0.3, -0.25) is 14.6 Å². The SMILES string of the molecule is CN1C(=O)C2C(=NC=[N+]2CC(O)CCl)N(C)C1=O. The smallest absolute Gasteiger partial charge is 0.333 e. The number of fused-ring (bicyclic) bond motifs is 1. The molecule has 0 saturated carbocycles. The highest BCUT2D eigenvalue weighted by atomic mass is 35.5. The minimum atomic E-state index is -0.751. The number of hydrogen-bond acceptors (Lipinski definition) is 4. The summed E-state index contributed by atoms with van der Waals surface area (Å²) < 4.78 is 1.59. The molecule has 0 aromatic heterocycles. The number of amides is 3. The Hall–Kier alpha value is -1.47. The Morgan fingerprint density at radius 1 is 1.50 bits per heavy atom. The maximum Gasteiger partial charge on any atom is 0.333 e. The zero-order valence-electron chi connectivity index (χ0n) is 10.1. The van der Waals surface area contributed by atoms with E-state index in [-0.39, 0.29) is 18.3 Å². The first kappa shape index (κ1) is 13.0. The van der Waals surface area contributed by atoms with Crippen LogP contribution in [0.5, 0.6) is 0 Å². The average molecular weight is 274 g/mol. The molecule has 0 spiro atoms. The number of carbonyl (C=O) groups is 2. The highest BCUT2D eigenvalue weighted by Gasteiger charge is 2.50. The van der Waals surface area contributed by atoms with Gasteiger partial charge in [0.15, 0.2) is 0 Å². The molecular formula is C10H14ClN4O3+. The number of halogens is 1. The summed E-state index contributed by atoms with van der Waals surface area (Å²) in [5, 5.41) is 9.53. The Morgan fingerprint density at radius 2 is 2.17 bits per heavy atom. The predicted molar refractivity (Wildman–Crippen MR) is 65.1 cm³/mol. The van der Waals surface area contributed by atoms with Gasteiger partial charge in [0.25, 0.3) is 24.1 Å². The van der Waals surface area contributed by atoms with Crippen LogP contribution < -0.4 is 0 Å². The molecule has 2 heterocycles. The third-order valence-electron chi connectivity index (χ3n) is 3.00. The van der Waals surface area contributed by atoms with Crippen molar-refractivity contribution in [3.8, 4) is 0 Å². The molecule has 8 heteroatoms. The molecule has 2 rings (SSSR count). The lowest BCUT2D eigenvalue weighted by Crippen LogP contribution is -2.61. The second kappa shape index (κ2) is 4.66. The van der Waals surface area contributed by atoms with Crippen LogP contribution in [0, 0.1) is 0 Å². The van der Waals surface area contributed by atoms with Gasteiger partial charge in [0.2, 0.25) is 0 Å². The van der Waals surface area contributed by atoms with Crippen LogP contribution in [0.1, 0.15) is 0 Å². The number of aliphatic hydroxyl groups is 1. The quantitative estimate of drug-likeness (QED) is 0.526. The second-order valence-corrected chi connectivity index (χ2v) is 4.56. The van der Waals surface area contributed by atoms with Gasteiger partial charge in [0.05, 0.1) is 5.88 Å². The highest BCUT2D eigenvalue weighted by Crippen LogP contribution is 2.16. The number of β-amino-alcohol motifs (C(OH)–C–C–N with tert-alkyl or cyclic N) is 1. The van der Waals surface area contributed by atoms with Crippen LogP contribution >= 0.6 is 11.6 Å². The van der Waals surface area contributed by atoms with Crippen LogP contribution in [0.4, 0.5) is 4.79 Å². The second-order valence-electron chi connectivity index (χ2n) is 4.25. The van der Waals surface area contributed by atoms with Crippen molar-refractivity contribution in [1.82, 2.24) is 9.80 Å². The summed E-state index contributed by atoms with van der Waals surface area (Å²) in [6.45, 7) is 0.197. The molecule has 2 aliphatic rings. The van der Waals surface area contributed by atoms with Gasteiger partial charge in [-0.1, -0.05) is 0 Å². The Labute approximate surface area is 109 Å². The van der Waals surface area contributed by atoms with Crippen molar-refractivity contribution < 1.29 is 19.3 Å². The molecule has 0 aromatic rings. The molecule has 98 valence electrons. The number of urea groups is 1. The highest BCUT2D eigenvalue weighted by molar-refractivity contribution is 6.21. The van der Waals surface area contributed by atoms with Crippen molar-refractivity contribution in [2.45, 2.75) is 12.1 Å². The fraction of sp³-hybridized carbons (Fsp3) is 0.600. The third-order valence-corrected chi connectivity index (χ3v) is 3.35. The van der Waals surface area contributed by atoms with Crippen LogP contribution in [0.25, 0.3) is 0 Å². The van der Waals surface area contributed by atoms with Gasteiger partial charge in [0, 0.05) is 14.1 Å². The molecule has 1 N–H and O–H groups in total. The fourth-order valence-electron chi connectivity index (χ4n) is 1.99. The lowest BCUT2D eigenvalue weighted by atomic mass is 10.1. The van der Waals surface area contributed by atoms with Crippen LogP contribution in [0.3, 0.4) is 0 Å². The van der Waals surface area contributed by atoms with Crippen molar-refractivity contribution in [3.05, 3.63) is 0 Å². The number of hydrogen-bond donors (Lipinski definition) is 1. The van der Waals surface area contributed by atoms with E-state index < -0.39 is 18.2 Å². The summed E-state index contributed by atoms with van der Waals surface area (Å²) in [5.41, 5.74) is 0. The Balaban J connectivity index is 2.24. The third kappa shape index (κ3) is 1.89. The number of nitrogens with zero attached hydrogens (tertiary/aromatic N) is 4. The zero-order valence-corrected chi connectivity index (χ0v) is 10.8. The number of alkyl halides is 1. The molecule has 2 atom stereocenters. The summed E-state index contributed by atoms with van der Waals surface area (Å²) in [6, 6.07) is -1.07. The summed E-state index contributed by atoms with van der Waals surface area (Å²) in [7, 11) is 2.98. The first-order valence-corrected chi connectivity index (χ1v) is 5.97. The van der Waals surface area contributed by atoms with Gasteiger partial charge < -0.3 is 5.11 Å². The normalized spacial score (nSPS) is 25.0. The lowest BCUT2D eigenvalue weighted by Gasteiger charge is -2.30. The van der Waals surface area contributed by atoms with E-state index in [1.807, 2.05) is 0 Å². The molecule has 0 aromatic carbocycles. The van der Waals surface area contributed by atoms with Crippen LogP contribution in [0.15, 0.2) is 4.99 Å². The summed E-state index contributed by atoms with van der Waals surface area (Å²) >= 11 is 5.53. The summed E-state index contributed by atoms with van der Waals surface area (Å²) in [6.07, 6.45) is 0.704. The molecular weight excluding hydrogens is 260 g/mol. The largest absolute Gasteiger partial charge is 0.388 e. The van der Waals surface area contributed by atoms with E-state index in [0.717, 1.165) is 4.90 Å². The number of amidine groups is 1. The van der Waals surface area contributed by atoms with E-state index in [0.29, 0.717) is 5.84 Å². The fourth-order valence-corrected chi connectivity index (χ4v) is 2.08. The van der Waals surface area contributed by atoms with E-state index in [9.17, 15) is 14.7 Å². The molecule has 1 saturated heterocycles. The van der Waals surface area contributed by atoms with Crippen LogP contribution in [-0.2, 0) is 4.79 Å². The standard InChI is InChI=1S/C10H14ClN4O3/c1-13-8-7(9(17)14(2)10(13)18)15(5-12-8)4-6(16)3-11/h5-7,16H,3-4H2,1-2H3/q+1. The zero-order chi connectivity index (χ0) is 13.4. The number of rotatable bonds is 3. The first-order chi connectivity index (χ1) is 8.47. The Morgan fingerprint density at radius 3 is 2.78 bits per heavy atom. The lowest BCUT2D eigenvalue weighted by molar-refractivity contribution is -0.538. The van der Waals surface area contributed by atoms with Crippen LogP contribution in [-0.4, -0.2) is 82.3 Å². The molecule has 2 aliphatic heterocycles. The maximum atomic E-state index is 12.1. The van der Waals surface area contributed by atoms with E-state index in [1.54, 1.807) is 11.6 Å². The van der Waals surface area contributed by atoms with Gasteiger partial charge in [-0.2, -0.15) is 0 Å². The molecule has 3 amide bonds. The van der Waals surface area contributed by atoms with Crippen molar-refractivity contribution >= 4 is 35.7 Å². The minimum absolute atomic E-state index is 0.0746. The van der Waals surface area contributed by atoms with Crippen LogP contribution in [0.2, 0.25) is 0 Å². The monoisotopic (exact) mass is 273 g/mol. The van der Waals surface area contributed by atoms with Gasteiger partial charge >= 0.3 is 6.03 Å². The Bertz CT molecular complexity index is 462. The van der Waals surface area contributed by atoms with Gasteiger partial charge in [-0.05, 0) is 4.99 Å². The van der Waals surface area contributed by atoms with Gasteiger partial charge in [-0.25, -0.2) is 9.37 Å². The van der Waals surface area contributed by atoms with E-state index in [2.05, 4.69) is 4.99 Å². The van der Waals surface area contributed by atoms with Crippen molar-refractivity contribution in [3.63, 3.8) is 0 Å². The van der Waals surface area contributed by atoms with Gasteiger partial charge in [0.1, 0.15) is 12.6 Å². The van der Waals surface area contributed by atoms with Gasteiger partial charge in [-0.15, -0.1) is 11.6 Å². The molecule has 7 nitrogen and oxygen atoms in total. The molecule has 0 bridgehead atoms. The number of aliphatic imine (C=N–C) groups is 1. The molecule has 0 aliphatic carbocycles. The molecule has 18 heavy (non-hydrogen) atoms. The van der Waals surface area contributed by atoms with Crippen molar-refractivity contribution in [2.75, 3.05) is 26.5 Å². The summed E-state index contributed by atoms with van der Waals surface area (Å²) in [5.74, 6) is 0.0998. The number of aliphatic hydroxyl groups excluding tert-OH is 1. The topological polar surface area (TPSA) is 76.2 Å². The number of likely N-dealkylation sites (N-methyl/N-ethyl adjacent to an activating group) is 2. The average Bonchev–Trinajstić information content (AvgIpc) is 2.77.